The number of nitrogens with one attached hydrogen (secondary N) is 2. The van der Waals surface area contributed by atoms with Crippen LogP contribution in [0.1, 0.15) is 63.0 Å². The molecule has 2 fully saturated rings. The predicted octanol–water partition coefficient (Wildman–Crippen LogP) is 4.65. The van der Waals surface area contributed by atoms with Gasteiger partial charge in [-0.3, -0.25) is 4.99 Å². The molecular weight excluding hydrogens is 517 g/mol. The van der Waals surface area contributed by atoms with Gasteiger partial charge in [-0.15, -0.1) is 24.0 Å². The van der Waals surface area contributed by atoms with Crippen LogP contribution in [0.4, 0.5) is 0 Å². The molecule has 182 valence electrons. The summed E-state index contributed by atoms with van der Waals surface area (Å²) in [4.78, 5) is 4.44. The molecule has 2 N–H and O–H groups in total. The van der Waals surface area contributed by atoms with Crippen LogP contribution in [0.3, 0.4) is 0 Å². The van der Waals surface area contributed by atoms with Gasteiger partial charge in [0.2, 0.25) is 0 Å². The van der Waals surface area contributed by atoms with Crippen LogP contribution in [0.2, 0.25) is 0 Å². The highest BCUT2D eigenvalue weighted by molar-refractivity contribution is 14.0. The molecule has 1 heterocycles. The van der Waals surface area contributed by atoms with E-state index in [1.165, 1.54) is 36.8 Å². The van der Waals surface area contributed by atoms with E-state index in [1.807, 2.05) is 7.05 Å². The van der Waals surface area contributed by atoms with Gasteiger partial charge in [-0.2, -0.15) is 0 Å². The minimum Gasteiger partial charge on any atom is -0.382 e. The molecule has 2 aliphatic rings. The molecule has 7 heteroatoms. The molecule has 0 atom stereocenters. The molecule has 0 bridgehead atoms. The van der Waals surface area contributed by atoms with Crippen molar-refractivity contribution in [3.63, 3.8) is 0 Å². The number of hydrogen-bond acceptors (Lipinski definition) is 4. The lowest BCUT2D eigenvalue weighted by Gasteiger charge is -2.30. The molecule has 1 saturated carbocycles. The van der Waals surface area contributed by atoms with Crippen molar-refractivity contribution in [1.82, 2.24) is 10.6 Å². The van der Waals surface area contributed by atoms with Crippen LogP contribution in [0.25, 0.3) is 0 Å². The van der Waals surface area contributed by atoms with Crippen molar-refractivity contribution >= 4 is 29.9 Å². The fourth-order valence-electron chi connectivity index (χ4n) is 4.64. The molecule has 0 spiro atoms. The van der Waals surface area contributed by atoms with Crippen LogP contribution in [0, 0.1) is 5.41 Å². The third kappa shape index (κ3) is 9.15. The van der Waals surface area contributed by atoms with Gasteiger partial charge >= 0.3 is 0 Å². The number of rotatable bonds is 11. The van der Waals surface area contributed by atoms with E-state index in [2.05, 4.69) is 46.8 Å². The van der Waals surface area contributed by atoms with E-state index < -0.39 is 0 Å². The number of guanidine groups is 1. The van der Waals surface area contributed by atoms with Gasteiger partial charge in [0, 0.05) is 46.6 Å². The lowest BCUT2D eigenvalue weighted by molar-refractivity contribution is -0.0390. The van der Waals surface area contributed by atoms with Gasteiger partial charge in [0.05, 0.1) is 12.7 Å². The Morgan fingerprint density at radius 1 is 1.16 bits per heavy atom. The predicted molar refractivity (Wildman–Crippen MR) is 141 cm³/mol. The highest BCUT2D eigenvalue weighted by atomic mass is 127. The molecule has 1 aromatic carbocycles. The second-order valence-electron chi connectivity index (χ2n) is 8.88. The molecule has 0 aromatic heterocycles. The van der Waals surface area contributed by atoms with Gasteiger partial charge in [-0.25, -0.2) is 0 Å². The number of halogens is 1. The molecular formula is C25H42IN3O3. The fraction of sp³-hybridized carbons (Fsp3) is 0.720. The SMILES string of the molecule is CCOCCC1(CNC(=NC)NCc2cccc(COC3CCOCC3)c2)CCCC1.I. The summed E-state index contributed by atoms with van der Waals surface area (Å²) in [7, 11) is 1.84. The summed E-state index contributed by atoms with van der Waals surface area (Å²) < 4.78 is 17.1. The maximum absolute atomic E-state index is 6.07. The molecule has 1 aromatic rings. The lowest BCUT2D eigenvalue weighted by Crippen LogP contribution is -2.43. The molecule has 0 amide bonds. The monoisotopic (exact) mass is 559 g/mol. The molecule has 0 unspecified atom stereocenters. The minimum atomic E-state index is 0. The second kappa shape index (κ2) is 15.1. The Morgan fingerprint density at radius 3 is 2.62 bits per heavy atom. The van der Waals surface area contributed by atoms with E-state index in [4.69, 9.17) is 14.2 Å². The molecule has 0 radical (unpaired) electrons. The van der Waals surface area contributed by atoms with Gasteiger partial charge in [-0.05, 0) is 55.6 Å². The van der Waals surface area contributed by atoms with Crippen molar-refractivity contribution in [2.45, 2.75) is 71.1 Å². The zero-order chi connectivity index (χ0) is 21.8. The highest BCUT2D eigenvalue weighted by Gasteiger charge is 2.33. The van der Waals surface area contributed by atoms with Crippen molar-refractivity contribution < 1.29 is 14.2 Å². The maximum atomic E-state index is 6.07. The van der Waals surface area contributed by atoms with Crippen LogP contribution >= 0.6 is 24.0 Å². The van der Waals surface area contributed by atoms with E-state index in [1.54, 1.807) is 0 Å². The summed E-state index contributed by atoms with van der Waals surface area (Å²) in [6.45, 7) is 7.71. The number of aliphatic imine (C=N–C) groups is 1. The van der Waals surface area contributed by atoms with Crippen LogP contribution in [-0.4, -0.2) is 52.1 Å². The number of hydrogen-bond donors (Lipinski definition) is 2. The number of benzene rings is 1. The number of ether oxygens (including phenoxy) is 3. The van der Waals surface area contributed by atoms with E-state index in [0.717, 1.165) is 64.7 Å². The second-order valence-corrected chi connectivity index (χ2v) is 8.88. The van der Waals surface area contributed by atoms with Crippen LogP contribution in [0.5, 0.6) is 0 Å². The smallest absolute Gasteiger partial charge is 0.191 e. The van der Waals surface area contributed by atoms with Gasteiger partial charge in [0.1, 0.15) is 0 Å². The van der Waals surface area contributed by atoms with Gasteiger partial charge < -0.3 is 24.8 Å². The first kappa shape index (κ1) is 27.3. The average Bonchev–Trinajstić information content (AvgIpc) is 3.28. The molecule has 6 nitrogen and oxygen atoms in total. The van der Waals surface area contributed by atoms with E-state index >= 15 is 0 Å². The van der Waals surface area contributed by atoms with Crippen molar-refractivity contribution in [3.8, 4) is 0 Å². The average molecular weight is 560 g/mol. The first-order valence-corrected chi connectivity index (χ1v) is 12.0. The van der Waals surface area contributed by atoms with Crippen molar-refractivity contribution in [2.24, 2.45) is 10.4 Å². The summed E-state index contributed by atoms with van der Waals surface area (Å²) in [5.41, 5.74) is 2.80. The molecule has 1 aliphatic heterocycles. The Morgan fingerprint density at radius 2 is 1.91 bits per heavy atom. The van der Waals surface area contributed by atoms with Gasteiger partial charge in [0.15, 0.2) is 5.96 Å². The third-order valence-electron chi connectivity index (χ3n) is 6.60. The first-order valence-electron chi connectivity index (χ1n) is 12.0. The fourth-order valence-corrected chi connectivity index (χ4v) is 4.64. The topological polar surface area (TPSA) is 64.1 Å². The number of nitrogens with zero attached hydrogens (tertiary/aromatic N) is 1. The summed E-state index contributed by atoms with van der Waals surface area (Å²) >= 11 is 0. The molecule has 1 saturated heterocycles. The molecule has 3 rings (SSSR count). The lowest BCUT2D eigenvalue weighted by atomic mass is 9.83. The van der Waals surface area contributed by atoms with Crippen molar-refractivity contribution in [2.75, 3.05) is 40.0 Å². The van der Waals surface area contributed by atoms with Crippen molar-refractivity contribution in [3.05, 3.63) is 35.4 Å². The van der Waals surface area contributed by atoms with Crippen molar-refractivity contribution in [1.29, 1.82) is 0 Å². The van der Waals surface area contributed by atoms with E-state index in [0.29, 0.717) is 18.1 Å². The standard InChI is InChI=1S/C25H41N3O3.HI/c1-3-29-16-13-25(11-4-5-12-25)20-28-24(26-2)27-18-21-7-6-8-22(17-21)19-31-23-9-14-30-15-10-23;/h6-8,17,23H,3-5,9-16,18-20H2,1-2H3,(H2,26,27,28);1H. The van der Waals surface area contributed by atoms with Crippen LogP contribution in [-0.2, 0) is 27.4 Å². The molecule has 32 heavy (non-hydrogen) atoms. The zero-order valence-electron chi connectivity index (χ0n) is 19.9. The third-order valence-corrected chi connectivity index (χ3v) is 6.60. The summed E-state index contributed by atoms with van der Waals surface area (Å²) in [6.07, 6.45) is 8.64. The quantitative estimate of drug-likeness (QED) is 0.179. The normalized spacial score (nSPS) is 18.9. The first-order chi connectivity index (χ1) is 15.2. The largest absolute Gasteiger partial charge is 0.382 e. The Kier molecular flexibility index (Phi) is 12.9. The molecule has 1 aliphatic carbocycles. The van der Waals surface area contributed by atoms with Gasteiger partial charge in [-0.1, -0.05) is 37.1 Å². The summed E-state index contributed by atoms with van der Waals surface area (Å²) in [5, 5.41) is 7.06. The highest BCUT2D eigenvalue weighted by Crippen LogP contribution is 2.40. The summed E-state index contributed by atoms with van der Waals surface area (Å²) in [5.74, 6) is 0.867. The zero-order valence-corrected chi connectivity index (χ0v) is 22.2. The minimum absolute atomic E-state index is 0. The van der Waals surface area contributed by atoms with E-state index in [9.17, 15) is 0 Å². The Balaban J connectivity index is 0.00000363. The Bertz CT molecular complexity index is 674. The van der Waals surface area contributed by atoms with Crippen LogP contribution in [0.15, 0.2) is 29.3 Å². The van der Waals surface area contributed by atoms with Crippen LogP contribution < -0.4 is 10.6 Å². The Hall–Kier alpha value is -0.900. The Labute approximate surface area is 211 Å². The van der Waals surface area contributed by atoms with Gasteiger partial charge in [0.25, 0.3) is 0 Å². The summed E-state index contributed by atoms with van der Waals surface area (Å²) in [6, 6.07) is 8.62. The van der Waals surface area contributed by atoms with E-state index in [-0.39, 0.29) is 24.0 Å². The maximum Gasteiger partial charge on any atom is 0.191 e.